The van der Waals surface area contributed by atoms with Crippen molar-refractivity contribution in [2.24, 2.45) is 4.99 Å². The molecule has 0 aliphatic heterocycles. The number of benzene rings is 1. The van der Waals surface area contributed by atoms with E-state index in [-0.39, 0.29) is 17.8 Å². The molecule has 0 aliphatic carbocycles. The van der Waals surface area contributed by atoms with Gasteiger partial charge in [-0.05, 0) is 38.5 Å². The molecule has 3 N–H and O–H groups in total. The number of hydrogen-bond acceptors (Lipinski definition) is 2. The highest BCUT2D eigenvalue weighted by atomic mass is 19.1. The van der Waals surface area contributed by atoms with E-state index in [1.165, 1.54) is 12.1 Å². The summed E-state index contributed by atoms with van der Waals surface area (Å²) < 4.78 is 12.8. The van der Waals surface area contributed by atoms with Crippen LogP contribution in [0.2, 0.25) is 0 Å². The predicted octanol–water partition coefficient (Wildman–Crippen LogP) is 1.80. The third-order valence-corrected chi connectivity index (χ3v) is 2.77. The molecule has 0 saturated carbocycles. The highest BCUT2D eigenvalue weighted by Gasteiger charge is 2.04. The minimum absolute atomic E-state index is 0.0110. The average molecular weight is 308 g/mol. The van der Waals surface area contributed by atoms with E-state index in [1.807, 2.05) is 20.8 Å². The maximum atomic E-state index is 12.8. The number of guanidine groups is 1. The van der Waals surface area contributed by atoms with Crippen molar-refractivity contribution in [3.8, 4) is 0 Å². The average Bonchev–Trinajstić information content (AvgIpc) is 2.45. The topological polar surface area (TPSA) is 65.5 Å². The number of aliphatic imine (C=N–C) groups is 1. The standard InChI is InChI=1S/C16H25FN4O/c1-4-18-16(19-10-9-15(22)21-12(2)3)20-11-13-5-7-14(17)8-6-13/h5-8,12H,4,9-11H2,1-3H3,(H,21,22)(H2,18,19,20). The molecule has 1 rings (SSSR count). The van der Waals surface area contributed by atoms with Crippen molar-refractivity contribution in [3.05, 3.63) is 35.6 Å². The lowest BCUT2D eigenvalue weighted by Crippen LogP contribution is -2.40. The molecule has 1 aromatic rings. The summed E-state index contributed by atoms with van der Waals surface area (Å²) >= 11 is 0. The number of carbonyl (C=O) groups is 1. The van der Waals surface area contributed by atoms with Crippen LogP contribution in [-0.2, 0) is 11.3 Å². The van der Waals surface area contributed by atoms with Crippen molar-refractivity contribution in [1.29, 1.82) is 0 Å². The Balaban J connectivity index is 2.45. The quantitative estimate of drug-likeness (QED) is 0.531. The van der Waals surface area contributed by atoms with Crippen molar-refractivity contribution < 1.29 is 9.18 Å². The van der Waals surface area contributed by atoms with Gasteiger partial charge in [0.2, 0.25) is 5.91 Å². The van der Waals surface area contributed by atoms with Gasteiger partial charge in [-0.15, -0.1) is 0 Å². The van der Waals surface area contributed by atoms with E-state index in [9.17, 15) is 9.18 Å². The van der Waals surface area contributed by atoms with E-state index >= 15 is 0 Å². The van der Waals surface area contributed by atoms with Crippen molar-refractivity contribution in [3.63, 3.8) is 0 Å². The van der Waals surface area contributed by atoms with Gasteiger partial charge in [-0.3, -0.25) is 4.79 Å². The molecule has 0 heterocycles. The molecule has 1 aromatic carbocycles. The van der Waals surface area contributed by atoms with E-state index in [0.29, 0.717) is 25.5 Å². The Kier molecular flexibility index (Phi) is 7.96. The molecular weight excluding hydrogens is 283 g/mol. The summed E-state index contributed by atoms with van der Waals surface area (Å²) in [6.07, 6.45) is 0.388. The van der Waals surface area contributed by atoms with Crippen molar-refractivity contribution in [2.45, 2.75) is 39.8 Å². The molecule has 0 atom stereocenters. The van der Waals surface area contributed by atoms with Crippen LogP contribution in [0.1, 0.15) is 32.8 Å². The highest BCUT2D eigenvalue weighted by molar-refractivity contribution is 5.81. The number of amides is 1. The maximum absolute atomic E-state index is 12.8. The summed E-state index contributed by atoms with van der Waals surface area (Å²) in [6.45, 7) is 7.52. The number of nitrogens with zero attached hydrogens (tertiary/aromatic N) is 1. The van der Waals surface area contributed by atoms with Crippen LogP contribution in [0.3, 0.4) is 0 Å². The van der Waals surface area contributed by atoms with E-state index in [4.69, 9.17) is 0 Å². The summed E-state index contributed by atoms with van der Waals surface area (Å²) in [5, 5.41) is 9.06. The van der Waals surface area contributed by atoms with Crippen LogP contribution in [0.5, 0.6) is 0 Å². The first-order chi connectivity index (χ1) is 10.5. The van der Waals surface area contributed by atoms with Crippen LogP contribution in [0, 0.1) is 5.82 Å². The van der Waals surface area contributed by atoms with Gasteiger partial charge in [0.15, 0.2) is 5.96 Å². The number of carbonyl (C=O) groups excluding carboxylic acids is 1. The number of halogens is 1. The second kappa shape index (κ2) is 9.76. The predicted molar refractivity (Wildman–Crippen MR) is 87.1 cm³/mol. The molecule has 0 unspecified atom stereocenters. The number of rotatable bonds is 7. The third-order valence-electron chi connectivity index (χ3n) is 2.77. The van der Waals surface area contributed by atoms with Crippen LogP contribution in [0.4, 0.5) is 4.39 Å². The zero-order chi connectivity index (χ0) is 16.4. The second-order valence-corrected chi connectivity index (χ2v) is 5.22. The Hall–Kier alpha value is -2.11. The zero-order valence-electron chi connectivity index (χ0n) is 13.4. The largest absolute Gasteiger partial charge is 0.357 e. The molecular formula is C16H25FN4O. The third kappa shape index (κ3) is 7.61. The molecule has 5 nitrogen and oxygen atoms in total. The van der Waals surface area contributed by atoms with Gasteiger partial charge in [-0.25, -0.2) is 9.38 Å². The second-order valence-electron chi connectivity index (χ2n) is 5.22. The normalized spacial score (nSPS) is 11.4. The van der Waals surface area contributed by atoms with Gasteiger partial charge in [-0.2, -0.15) is 0 Å². The summed E-state index contributed by atoms with van der Waals surface area (Å²) in [5.74, 6) is 0.398. The Bertz CT molecular complexity index is 485. The lowest BCUT2D eigenvalue weighted by atomic mass is 10.2. The van der Waals surface area contributed by atoms with Gasteiger partial charge in [0, 0.05) is 25.6 Å². The smallest absolute Gasteiger partial charge is 0.221 e. The summed E-state index contributed by atoms with van der Waals surface area (Å²) in [7, 11) is 0. The SMILES string of the molecule is CCNC(=NCc1ccc(F)cc1)NCCC(=O)NC(C)C. The Morgan fingerprint density at radius 3 is 2.50 bits per heavy atom. The van der Waals surface area contributed by atoms with E-state index in [2.05, 4.69) is 20.9 Å². The summed E-state index contributed by atoms with van der Waals surface area (Å²) in [4.78, 5) is 16.0. The minimum Gasteiger partial charge on any atom is -0.357 e. The number of hydrogen-bond donors (Lipinski definition) is 3. The molecule has 6 heteroatoms. The molecule has 0 bridgehead atoms. The van der Waals surface area contributed by atoms with Crippen LogP contribution >= 0.6 is 0 Å². The van der Waals surface area contributed by atoms with Gasteiger partial charge in [0.1, 0.15) is 5.82 Å². The summed E-state index contributed by atoms with van der Waals surface area (Å²) in [5.41, 5.74) is 0.927. The van der Waals surface area contributed by atoms with Crippen LogP contribution < -0.4 is 16.0 Å². The van der Waals surface area contributed by atoms with Gasteiger partial charge in [0.05, 0.1) is 6.54 Å². The van der Waals surface area contributed by atoms with Gasteiger partial charge in [-0.1, -0.05) is 12.1 Å². The fourth-order valence-electron chi connectivity index (χ4n) is 1.79. The molecule has 0 aliphatic rings. The first-order valence-electron chi connectivity index (χ1n) is 7.57. The van der Waals surface area contributed by atoms with Crippen LogP contribution in [-0.4, -0.2) is 31.0 Å². The molecule has 0 fully saturated rings. The van der Waals surface area contributed by atoms with Gasteiger partial charge in [0.25, 0.3) is 0 Å². The number of nitrogens with one attached hydrogen (secondary N) is 3. The van der Waals surface area contributed by atoms with Crippen LogP contribution in [0.25, 0.3) is 0 Å². The van der Waals surface area contributed by atoms with Gasteiger partial charge >= 0.3 is 0 Å². The van der Waals surface area contributed by atoms with E-state index < -0.39 is 0 Å². The highest BCUT2D eigenvalue weighted by Crippen LogP contribution is 2.03. The Morgan fingerprint density at radius 2 is 1.91 bits per heavy atom. The first-order valence-corrected chi connectivity index (χ1v) is 7.57. The Labute approximate surface area is 131 Å². The molecule has 122 valence electrons. The lowest BCUT2D eigenvalue weighted by Gasteiger charge is -2.12. The monoisotopic (exact) mass is 308 g/mol. The first kappa shape index (κ1) is 17.9. The summed E-state index contributed by atoms with van der Waals surface area (Å²) in [6, 6.07) is 6.40. The fraction of sp³-hybridized carbons (Fsp3) is 0.500. The van der Waals surface area contributed by atoms with Crippen LogP contribution in [0.15, 0.2) is 29.3 Å². The minimum atomic E-state index is -0.256. The Morgan fingerprint density at radius 1 is 1.23 bits per heavy atom. The van der Waals surface area contributed by atoms with Crippen molar-refractivity contribution in [1.82, 2.24) is 16.0 Å². The van der Waals surface area contributed by atoms with Crippen molar-refractivity contribution >= 4 is 11.9 Å². The van der Waals surface area contributed by atoms with Crippen molar-refractivity contribution in [2.75, 3.05) is 13.1 Å². The molecule has 0 radical (unpaired) electrons. The molecule has 22 heavy (non-hydrogen) atoms. The lowest BCUT2D eigenvalue weighted by molar-refractivity contribution is -0.121. The molecule has 1 amide bonds. The molecule has 0 aromatic heterocycles. The maximum Gasteiger partial charge on any atom is 0.221 e. The fourth-order valence-corrected chi connectivity index (χ4v) is 1.79. The van der Waals surface area contributed by atoms with E-state index in [1.54, 1.807) is 12.1 Å². The molecule has 0 spiro atoms. The van der Waals surface area contributed by atoms with Gasteiger partial charge < -0.3 is 16.0 Å². The zero-order valence-corrected chi connectivity index (χ0v) is 13.4. The molecule has 0 saturated heterocycles. The van der Waals surface area contributed by atoms with E-state index in [0.717, 1.165) is 12.1 Å².